The molecule has 0 atom stereocenters. The maximum absolute atomic E-state index is 11.9. The van der Waals surface area contributed by atoms with Crippen molar-refractivity contribution in [1.29, 1.82) is 0 Å². The van der Waals surface area contributed by atoms with Crippen molar-refractivity contribution in [2.45, 2.75) is 0 Å². The van der Waals surface area contributed by atoms with Crippen LogP contribution in [-0.2, 0) is 9.53 Å². The van der Waals surface area contributed by atoms with Crippen LogP contribution in [0.3, 0.4) is 0 Å². The average molecular weight is 380 g/mol. The molecule has 1 heterocycles. The molecule has 0 spiro atoms. The van der Waals surface area contributed by atoms with E-state index < -0.39 is 0 Å². The van der Waals surface area contributed by atoms with E-state index in [4.69, 9.17) is 14.2 Å². The molecule has 144 valence electrons. The summed E-state index contributed by atoms with van der Waals surface area (Å²) in [7, 11) is 1.54. The van der Waals surface area contributed by atoms with Crippen LogP contribution in [0.4, 0.5) is 10.5 Å². The monoisotopic (exact) mass is 380 g/mol. The third-order valence-corrected chi connectivity index (χ3v) is 3.97. The maximum Gasteiger partial charge on any atom is 0.414 e. The first kappa shape index (κ1) is 19.1. The summed E-state index contributed by atoms with van der Waals surface area (Å²) in [4.78, 5) is 25.0. The summed E-state index contributed by atoms with van der Waals surface area (Å²) in [5.74, 6) is 6.65. The summed E-state index contributed by atoms with van der Waals surface area (Å²) >= 11 is 0. The third kappa shape index (κ3) is 4.95. The average Bonchev–Trinajstić information content (AvgIpc) is 3.16. The van der Waals surface area contributed by atoms with E-state index >= 15 is 0 Å². The molecule has 2 aromatic rings. The van der Waals surface area contributed by atoms with Crippen molar-refractivity contribution in [2.75, 3.05) is 38.3 Å². The Kier molecular flexibility index (Phi) is 6.37. The van der Waals surface area contributed by atoms with Crippen molar-refractivity contribution in [3.63, 3.8) is 0 Å². The highest BCUT2D eigenvalue weighted by molar-refractivity contribution is 5.89. The van der Waals surface area contributed by atoms with Crippen LogP contribution in [0.5, 0.6) is 11.5 Å². The molecule has 0 aromatic heterocycles. The van der Waals surface area contributed by atoms with E-state index in [-0.39, 0.29) is 25.2 Å². The van der Waals surface area contributed by atoms with E-state index in [1.165, 1.54) is 0 Å². The lowest BCUT2D eigenvalue weighted by molar-refractivity contribution is -0.122. The predicted octanol–water partition coefficient (Wildman–Crippen LogP) is 2.20. The number of methoxy groups -OCH3 is 1. The van der Waals surface area contributed by atoms with Crippen molar-refractivity contribution in [3.05, 3.63) is 54.1 Å². The second-order valence-corrected chi connectivity index (χ2v) is 5.83. The van der Waals surface area contributed by atoms with Gasteiger partial charge in [0.15, 0.2) is 18.1 Å². The minimum atomic E-state index is -0.336. The predicted molar refractivity (Wildman–Crippen MR) is 104 cm³/mol. The first-order valence-corrected chi connectivity index (χ1v) is 8.73. The van der Waals surface area contributed by atoms with Gasteiger partial charge in [-0.05, 0) is 36.4 Å². The smallest absolute Gasteiger partial charge is 0.414 e. The van der Waals surface area contributed by atoms with Gasteiger partial charge in [0, 0.05) is 11.3 Å². The minimum Gasteiger partial charge on any atom is -0.493 e. The molecule has 0 aliphatic carbocycles. The summed E-state index contributed by atoms with van der Waals surface area (Å²) in [6.07, 6.45) is -0.336. The Balaban J connectivity index is 1.44. The highest BCUT2D eigenvalue weighted by Gasteiger charge is 2.23. The quantitative estimate of drug-likeness (QED) is 0.778. The molecule has 0 saturated carbocycles. The number of cyclic esters (lactones) is 1. The summed E-state index contributed by atoms with van der Waals surface area (Å²) in [5, 5.41) is 2.67. The number of benzene rings is 2. The molecule has 28 heavy (non-hydrogen) atoms. The fourth-order valence-corrected chi connectivity index (χ4v) is 2.57. The van der Waals surface area contributed by atoms with E-state index in [1.807, 2.05) is 30.3 Å². The molecule has 2 amide bonds. The lowest BCUT2D eigenvalue weighted by Gasteiger charge is -2.11. The number of ether oxygens (including phenoxy) is 3. The Hall–Kier alpha value is -3.66. The molecular weight excluding hydrogens is 360 g/mol. The van der Waals surface area contributed by atoms with Gasteiger partial charge in [-0.3, -0.25) is 9.69 Å². The van der Waals surface area contributed by atoms with Crippen LogP contribution in [-0.4, -0.2) is 45.4 Å². The second kappa shape index (κ2) is 9.33. The van der Waals surface area contributed by atoms with E-state index in [0.29, 0.717) is 24.7 Å². The first-order chi connectivity index (χ1) is 13.7. The largest absolute Gasteiger partial charge is 0.493 e. The Morgan fingerprint density at radius 2 is 1.93 bits per heavy atom. The van der Waals surface area contributed by atoms with Crippen LogP contribution in [0.2, 0.25) is 0 Å². The van der Waals surface area contributed by atoms with E-state index in [9.17, 15) is 9.59 Å². The van der Waals surface area contributed by atoms with Crippen LogP contribution < -0.4 is 19.7 Å². The summed E-state index contributed by atoms with van der Waals surface area (Å²) < 4.78 is 15.5. The summed E-state index contributed by atoms with van der Waals surface area (Å²) in [5.41, 5.74) is 1.56. The second-order valence-electron chi connectivity index (χ2n) is 5.83. The Morgan fingerprint density at radius 1 is 1.18 bits per heavy atom. The van der Waals surface area contributed by atoms with Crippen LogP contribution >= 0.6 is 0 Å². The van der Waals surface area contributed by atoms with Crippen LogP contribution in [0.25, 0.3) is 0 Å². The fraction of sp³-hybridized carbons (Fsp3) is 0.238. The number of rotatable bonds is 6. The van der Waals surface area contributed by atoms with Gasteiger partial charge in [-0.15, -0.1) is 0 Å². The van der Waals surface area contributed by atoms with E-state index in [0.717, 1.165) is 11.3 Å². The lowest BCUT2D eigenvalue weighted by Crippen LogP contribution is -2.29. The summed E-state index contributed by atoms with van der Waals surface area (Å²) in [6, 6.07) is 14.4. The highest BCUT2D eigenvalue weighted by atomic mass is 16.6. The van der Waals surface area contributed by atoms with Crippen molar-refractivity contribution in [2.24, 2.45) is 0 Å². The standard InChI is InChI=1S/C21H20N2O5/c1-26-18-6-2-3-7-19(18)28-15-20(24)22-12-4-5-16-8-10-17(11-9-16)23-13-14-27-21(23)25/h2-3,6-11H,12-15H2,1H3,(H,22,24). The van der Waals surface area contributed by atoms with E-state index in [2.05, 4.69) is 17.2 Å². The molecule has 1 aliphatic heterocycles. The van der Waals surface area contributed by atoms with Crippen molar-refractivity contribution in [1.82, 2.24) is 5.32 Å². The number of anilines is 1. The van der Waals surface area contributed by atoms with E-state index in [1.54, 1.807) is 30.2 Å². The van der Waals surface area contributed by atoms with Gasteiger partial charge < -0.3 is 19.5 Å². The normalized spacial score (nSPS) is 12.6. The molecule has 2 aromatic carbocycles. The number of hydrogen-bond acceptors (Lipinski definition) is 5. The topological polar surface area (TPSA) is 77.1 Å². The number of carbonyl (C=O) groups excluding carboxylic acids is 2. The number of amides is 2. The van der Waals surface area contributed by atoms with Gasteiger partial charge in [0.2, 0.25) is 0 Å². The highest BCUT2D eigenvalue weighted by Crippen LogP contribution is 2.25. The Labute approximate surface area is 163 Å². The number of nitrogens with zero attached hydrogens (tertiary/aromatic N) is 1. The van der Waals surface area contributed by atoms with Gasteiger partial charge in [0.25, 0.3) is 5.91 Å². The molecule has 7 heteroatoms. The van der Waals surface area contributed by atoms with Crippen molar-refractivity contribution >= 4 is 17.7 Å². The van der Waals surface area contributed by atoms with Gasteiger partial charge in [-0.1, -0.05) is 24.0 Å². The molecule has 1 fully saturated rings. The Bertz CT molecular complexity index is 899. The zero-order chi connectivity index (χ0) is 19.8. The zero-order valence-corrected chi connectivity index (χ0v) is 15.4. The minimum absolute atomic E-state index is 0.122. The maximum atomic E-state index is 11.9. The van der Waals surface area contributed by atoms with Gasteiger partial charge in [0.1, 0.15) is 6.61 Å². The van der Waals surface area contributed by atoms with Crippen LogP contribution in [0.15, 0.2) is 48.5 Å². The lowest BCUT2D eigenvalue weighted by atomic mass is 10.2. The summed E-state index contributed by atoms with van der Waals surface area (Å²) in [6.45, 7) is 1.03. The zero-order valence-electron chi connectivity index (χ0n) is 15.4. The molecule has 0 bridgehead atoms. The van der Waals surface area contributed by atoms with Crippen LogP contribution in [0.1, 0.15) is 5.56 Å². The van der Waals surface area contributed by atoms with Crippen LogP contribution in [0, 0.1) is 11.8 Å². The number of para-hydroxylation sites is 2. The molecule has 0 unspecified atom stereocenters. The molecular formula is C21H20N2O5. The fourth-order valence-electron chi connectivity index (χ4n) is 2.57. The number of carbonyl (C=O) groups is 2. The van der Waals surface area contributed by atoms with Gasteiger partial charge >= 0.3 is 6.09 Å². The molecule has 1 aliphatic rings. The van der Waals surface area contributed by atoms with Crippen molar-refractivity contribution < 1.29 is 23.8 Å². The van der Waals surface area contributed by atoms with Gasteiger partial charge in [-0.2, -0.15) is 0 Å². The molecule has 0 radical (unpaired) electrons. The third-order valence-electron chi connectivity index (χ3n) is 3.97. The van der Waals surface area contributed by atoms with Gasteiger partial charge in [0.05, 0.1) is 20.2 Å². The molecule has 3 rings (SSSR count). The first-order valence-electron chi connectivity index (χ1n) is 8.73. The molecule has 7 nitrogen and oxygen atoms in total. The van der Waals surface area contributed by atoms with Crippen molar-refractivity contribution in [3.8, 4) is 23.3 Å². The van der Waals surface area contributed by atoms with Gasteiger partial charge in [-0.25, -0.2) is 4.79 Å². The SMILES string of the molecule is COc1ccccc1OCC(=O)NCC#Cc1ccc(N2CCOC2=O)cc1. The molecule has 1 N–H and O–H groups in total. The number of hydrogen-bond donors (Lipinski definition) is 1. The molecule has 1 saturated heterocycles. The Morgan fingerprint density at radius 3 is 2.61 bits per heavy atom. The number of nitrogens with one attached hydrogen (secondary N) is 1.